The van der Waals surface area contributed by atoms with Gasteiger partial charge in [0.15, 0.2) is 0 Å². The third-order valence-corrected chi connectivity index (χ3v) is 7.52. The highest BCUT2D eigenvalue weighted by atomic mass is 32.2. The molecule has 2 unspecified atom stereocenters. The third kappa shape index (κ3) is 3.56. The van der Waals surface area contributed by atoms with Crippen LogP contribution in [-0.2, 0) is 36.8 Å². The van der Waals surface area contributed by atoms with Crippen LogP contribution in [0.2, 0.25) is 0 Å². The standard InChI is InChI=1S/C22H28N2O2S/c1-23(2)18-8-9-19-20(14-18)21(26-3)10-11-22(19)27(25)24-13-12-16-6-4-5-7-17(16)15-24/h4-7,10-11,18H,8-9,12-15H2,1-3H3. The summed E-state index contributed by atoms with van der Waals surface area (Å²) in [6.07, 6.45) is 3.98. The molecule has 0 radical (unpaired) electrons. The van der Waals surface area contributed by atoms with Crippen LogP contribution < -0.4 is 4.74 Å². The van der Waals surface area contributed by atoms with Crippen molar-refractivity contribution in [1.82, 2.24) is 9.21 Å². The molecule has 0 fully saturated rings. The number of methoxy groups -OCH3 is 1. The van der Waals surface area contributed by atoms with Crippen molar-refractivity contribution in [2.45, 2.75) is 43.2 Å². The van der Waals surface area contributed by atoms with Crippen LogP contribution >= 0.6 is 0 Å². The predicted molar refractivity (Wildman–Crippen MR) is 109 cm³/mol. The highest BCUT2D eigenvalue weighted by Gasteiger charge is 2.29. The molecule has 4 rings (SSSR count). The summed E-state index contributed by atoms with van der Waals surface area (Å²) < 4.78 is 21.2. The fourth-order valence-electron chi connectivity index (χ4n) is 4.34. The molecule has 1 aliphatic carbocycles. The first kappa shape index (κ1) is 18.7. The van der Waals surface area contributed by atoms with Crippen LogP contribution in [-0.4, -0.2) is 47.2 Å². The van der Waals surface area contributed by atoms with Gasteiger partial charge in [-0.05, 0) is 68.6 Å². The molecule has 2 aromatic carbocycles. The Hall–Kier alpha value is -1.69. The van der Waals surface area contributed by atoms with E-state index in [1.807, 2.05) is 12.1 Å². The number of hydrogen-bond donors (Lipinski definition) is 0. The van der Waals surface area contributed by atoms with Crippen LogP contribution in [0.25, 0.3) is 0 Å². The van der Waals surface area contributed by atoms with Crippen LogP contribution in [0.5, 0.6) is 5.75 Å². The van der Waals surface area contributed by atoms with Crippen LogP contribution in [0.4, 0.5) is 0 Å². The van der Waals surface area contributed by atoms with Gasteiger partial charge in [0.2, 0.25) is 0 Å². The van der Waals surface area contributed by atoms with Gasteiger partial charge in [-0.1, -0.05) is 24.3 Å². The minimum Gasteiger partial charge on any atom is -0.496 e. The van der Waals surface area contributed by atoms with Gasteiger partial charge < -0.3 is 9.64 Å². The molecule has 0 amide bonds. The largest absolute Gasteiger partial charge is 0.496 e. The summed E-state index contributed by atoms with van der Waals surface area (Å²) in [4.78, 5) is 3.26. The molecule has 2 atom stereocenters. The lowest BCUT2D eigenvalue weighted by atomic mass is 9.87. The van der Waals surface area contributed by atoms with E-state index in [0.717, 1.165) is 49.4 Å². The van der Waals surface area contributed by atoms with E-state index in [1.54, 1.807) is 7.11 Å². The van der Waals surface area contributed by atoms with Crippen LogP contribution in [0.3, 0.4) is 0 Å². The Balaban J connectivity index is 1.65. The Morgan fingerprint density at radius 1 is 1.07 bits per heavy atom. The molecule has 0 saturated carbocycles. The average Bonchev–Trinajstić information content (AvgIpc) is 2.71. The number of rotatable bonds is 4. The summed E-state index contributed by atoms with van der Waals surface area (Å²) in [7, 11) is 4.86. The Bertz CT molecular complexity index is 865. The van der Waals surface area contributed by atoms with Gasteiger partial charge >= 0.3 is 0 Å². The van der Waals surface area contributed by atoms with E-state index in [-0.39, 0.29) is 0 Å². The molecule has 0 N–H and O–H groups in total. The van der Waals surface area contributed by atoms with Crippen LogP contribution in [0.15, 0.2) is 41.3 Å². The second-order valence-corrected chi connectivity index (χ2v) is 9.17. The predicted octanol–water partition coefficient (Wildman–Crippen LogP) is 3.20. The van der Waals surface area contributed by atoms with Crippen molar-refractivity contribution < 1.29 is 8.95 Å². The number of hydrogen-bond acceptors (Lipinski definition) is 3. The molecule has 2 aromatic rings. The number of nitrogens with zero attached hydrogens (tertiary/aromatic N) is 2. The monoisotopic (exact) mass is 384 g/mol. The first-order valence-corrected chi connectivity index (χ1v) is 10.8. The Morgan fingerprint density at radius 3 is 2.59 bits per heavy atom. The van der Waals surface area contributed by atoms with Crippen molar-refractivity contribution >= 4 is 11.0 Å². The number of ether oxygens (including phenoxy) is 1. The van der Waals surface area contributed by atoms with Gasteiger partial charge in [0.1, 0.15) is 16.7 Å². The zero-order valence-electron chi connectivity index (χ0n) is 16.4. The maximum atomic E-state index is 13.5. The molecule has 0 aromatic heterocycles. The molecule has 0 bridgehead atoms. The SMILES string of the molecule is COc1ccc(S(=O)N2CCc3ccccc3C2)c2c1CC(N(C)C)CC2. The molecule has 0 saturated heterocycles. The normalized spacial score (nSPS) is 20.8. The molecule has 4 nitrogen and oxygen atoms in total. The lowest BCUT2D eigenvalue weighted by Gasteiger charge is -2.33. The van der Waals surface area contributed by atoms with Crippen molar-refractivity contribution in [3.8, 4) is 5.75 Å². The van der Waals surface area contributed by atoms with Gasteiger partial charge in [0, 0.05) is 24.7 Å². The van der Waals surface area contributed by atoms with Crippen LogP contribution in [0.1, 0.15) is 28.7 Å². The van der Waals surface area contributed by atoms with Gasteiger partial charge in [0.25, 0.3) is 0 Å². The van der Waals surface area contributed by atoms with Gasteiger partial charge in [-0.25, -0.2) is 8.51 Å². The van der Waals surface area contributed by atoms with Crippen molar-refractivity contribution in [1.29, 1.82) is 0 Å². The smallest absolute Gasteiger partial charge is 0.128 e. The zero-order chi connectivity index (χ0) is 19.0. The van der Waals surface area contributed by atoms with Gasteiger partial charge in [-0.2, -0.15) is 0 Å². The number of fused-ring (bicyclic) bond motifs is 2. The summed E-state index contributed by atoms with van der Waals surface area (Å²) in [6.45, 7) is 1.59. The zero-order valence-corrected chi connectivity index (χ0v) is 17.2. The maximum absolute atomic E-state index is 13.5. The summed E-state index contributed by atoms with van der Waals surface area (Å²) in [6, 6.07) is 13.0. The highest BCUT2D eigenvalue weighted by molar-refractivity contribution is 7.82. The summed E-state index contributed by atoms with van der Waals surface area (Å²) >= 11 is 0. The summed E-state index contributed by atoms with van der Waals surface area (Å²) in [5, 5.41) is 0. The fraction of sp³-hybridized carbons (Fsp3) is 0.455. The van der Waals surface area contributed by atoms with E-state index in [2.05, 4.69) is 47.6 Å². The molecular weight excluding hydrogens is 356 g/mol. The maximum Gasteiger partial charge on any atom is 0.128 e. The van der Waals surface area contributed by atoms with Crippen LogP contribution in [0, 0.1) is 0 Å². The van der Waals surface area contributed by atoms with E-state index in [1.165, 1.54) is 22.3 Å². The highest BCUT2D eigenvalue weighted by Crippen LogP contribution is 2.36. The average molecular weight is 385 g/mol. The fourth-order valence-corrected chi connectivity index (χ4v) is 5.75. The third-order valence-electron chi connectivity index (χ3n) is 5.98. The molecular formula is C22H28N2O2S. The number of benzene rings is 2. The lowest BCUT2D eigenvalue weighted by molar-refractivity contribution is 0.263. The summed E-state index contributed by atoms with van der Waals surface area (Å²) in [5.41, 5.74) is 5.17. The second-order valence-electron chi connectivity index (χ2n) is 7.71. The molecule has 2 aliphatic rings. The topological polar surface area (TPSA) is 32.8 Å². The first-order chi connectivity index (χ1) is 13.1. The molecule has 5 heteroatoms. The first-order valence-electron chi connectivity index (χ1n) is 9.67. The molecule has 1 heterocycles. The van der Waals surface area contributed by atoms with Gasteiger partial charge in [0.05, 0.1) is 12.0 Å². The minimum absolute atomic E-state index is 0.511. The number of likely N-dealkylation sites (N-methyl/N-ethyl adjacent to an activating group) is 1. The summed E-state index contributed by atoms with van der Waals surface area (Å²) in [5.74, 6) is 0.932. The van der Waals surface area contributed by atoms with E-state index in [0.29, 0.717) is 6.04 Å². The van der Waals surface area contributed by atoms with Gasteiger partial charge in [-0.3, -0.25) is 0 Å². The van der Waals surface area contributed by atoms with Crippen molar-refractivity contribution in [2.75, 3.05) is 27.7 Å². The Kier molecular flexibility index (Phi) is 5.35. The lowest BCUT2D eigenvalue weighted by Crippen LogP contribution is -2.35. The van der Waals surface area contributed by atoms with Crippen molar-refractivity contribution in [3.05, 3.63) is 58.7 Å². The molecule has 144 valence electrons. The Morgan fingerprint density at radius 2 is 1.85 bits per heavy atom. The van der Waals surface area contributed by atoms with E-state index < -0.39 is 11.0 Å². The van der Waals surface area contributed by atoms with Crippen molar-refractivity contribution in [3.63, 3.8) is 0 Å². The quantitative estimate of drug-likeness (QED) is 0.812. The Labute approximate surface area is 164 Å². The molecule has 0 spiro atoms. The van der Waals surface area contributed by atoms with E-state index in [9.17, 15) is 4.21 Å². The molecule has 27 heavy (non-hydrogen) atoms. The van der Waals surface area contributed by atoms with Gasteiger partial charge in [-0.15, -0.1) is 0 Å². The minimum atomic E-state index is -1.13. The van der Waals surface area contributed by atoms with E-state index in [4.69, 9.17) is 4.74 Å². The second kappa shape index (κ2) is 7.74. The molecule has 1 aliphatic heterocycles. The van der Waals surface area contributed by atoms with Crippen molar-refractivity contribution in [2.24, 2.45) is 0 Å². The van der Waals surface area contributed by atoms with E-state index >= 15 is 0 Å².